The monoisotopic (exact) mass is 431 g/mol. The minimum absolute atomic E-state index is 0.0300. The van der Waals surface area contributed by atoms with E-state index in [2.05, 4.69) is 56.9 Å². The molecule has 2 atom stereocenters. The number of carbonyl (C=O) groups is 1. The van der Waals surface area contributed by atoms with E-state index >= 15 is 0 Å². The maximum atomic E-state index is 13.9. The van der Waals surface area contributed by atoms with Gasteiger partial charge in [-0.05, 0) is 42.4 Å². The standard InChI is InChI=1S/C27H33N3O2/c31-27(26(23-7-3-1-4-8-23)24-9-5-2-6-10-24)30-15-16-32-20-22(19-30)17-21-11-12-25-28-13-14-29(25)18-21/h1,3-4,7-8,11-14,18,22,24,26H,2,5-6,9-10,15-17,19-20H2/t22-,26+/m0/s1. The molecule has 32 heavy (non-hydrogen) atoms. The van der Waals surface area contributed by atoms with E-state index < -0.39 is 0 Å². The first-order valence-electron chi connectivity index (χ1n) is 12.1. The third-order valence-corrected chi connectivity index (χ3v) is 7.17. The molecule has 0 unspecified atom stereocenters. The predicted octanol–water partition coefficient (Wildman–Crippen LogP) is 4.72. The van der Waals surface area contributed by atoms with Crippen LogP contribution in [0.5, 0.6) is 0 Å². The fraction of sp³-hybridized carbons (Fsp3) is 0.481. The summed E-state index contributed by atoms with van der Waals surface area (Å²) in [6.45, 7) is 2.77. The number of fused-ring (bicyclic) bond motifs is 1. The lowest BCUT2D eigenvalue weighted by atomic mass is 9.76. The molecule has 2 fully saturated rings. The molecule has 0 spiro atoms. The average Bonchev–Trinajstić information content (AvgIpc) is 3.18. The van der Waals surface area contributed by atoms with Crippen LogP contribution < -0.4 is 0 Å². The molecule has 0 N–H and O–H groups in total. The van der Waals surface area contributed by atoms with Gasteiger partial charge in [-0.2, -0.15) is 0 Å². The van der Waals surface area contributed by atoms with Crippen molar-refractivity contribution in [3.63, 3.8) is 0 Å². The van der Waals surface area contributed by atoms with Gasteiger partial charge in [0.05, 0.1) is 19.1 Å². The Balaban J connectivity index is 1.34. The smallest absolute Gasteiger partial charge is 0.230 e. The van der Waals surface area contributed by atoms with Gasteiger partial charge in [0.1, 0.15) is 5.65 Å². The van der Waals surface area contributed by atoms with E-state index in [0.29, 0.717) is 37.5 Å². The van der Waals surface area contributed by atoms with Crippen molar-refractivity contribution in [3.8, 4) is 0 Å². The summed E-state index contributed by atoms with van der Waals surface area (Å²) in [4.78, 5) is 20.4. The Morgan fingerprint density at radius 3 is 2.78 bits per heavy atom. The van der Waals surface area contributed by atoms with Crippen LogP contribution in [0.2, 0.25) is 0 Å². The maximum absolute atomic E-state index is 13.9. The number of ether oxygens (including phenoxy) is 1. The van der Waals surface area contributed by atoms with Crippen molar-refractivity contribution in [2.75, 3.05) is 26.3 Å². The van der Waals surface area contributed by atoms with Gasteiger partial charge in [0.2, 0.25) is 5.91 Å². The Hall–Kier alpha value is -2.66. The van der Waals surface area contributed by atoms with Crippen LogP contribution in [0.1, 0.15) is 49.1 Å². The molecule has 0 radical (unpaired) electrons. The quantitative estimate of drug-likeness (QED) is 0.587. The Bertz CT molecular complexity index is 1030. The van der Waals surface area contributed by atoms with Crippen molar-refractivity contribution >= 4 is 11.6 Å². The van der Waals surface area contributed by atoms with E-state index in [1.807, 2.05) is 18.5 Å². The molecule has 168 valence electrons. The van der Waals surface area contributed by atoms with Crippen molar-refractivity contribution < 1.29 is 9.53 Å². The third kappa shape index (κ3) is 4.73. The summed E-state index contributed by atoms with van der Waals surface area (Å²) in [6, 6.07) is 14.7. The normalized spacial score (nSPS) is 21.4. The summed E-state index contributed by atoms with van der Waals surface area (Å²) < 4.78 is 8.01. The number of amides is 1. The summed E-state index contributed by atoms with van der Waals surface area (Å²) in [7, 11) is 0. The molecule has 1 aliphatic heterocycles. The second-order valence-electron chi connectivity index (χ2n) is 9.45. The number of hydrogen-bond donors (Lipinski definition) is 0. The molecule has 2 aliphatic rings. The van der Waals surface area contributed by atoms with Crippen LogP contribution in [0.4, 0.5) is 0 Å². The van der Waals surface area contributed by atoms with E-state index in [9.17, 15) is 4.79 Å². The van der Waals surface area contributed by atoms with Crippen molar-refractivity contribution in [2.45, 2.75) is 44.4 Å². The summed E-state index contributed by atoms with van der Waals surface area (Å²) in [5.41, 5.74) is 3.39. The lowest BCUT2D eigenvalue weighted by Crippen LogP contribution is -2.41. The fourth-order valence-corrected chi connectivity index (χ4v) is 5.57. The van der Waals surface area contributed by atoms with Gasteiger partial charge in [-0.3, -0.25) is 4.79 Å². The zero-order valence-electron chi connectivity index (χ0n) is 18.7. The molecule has 3 heterocycles. The predicted molar refractivity (Wildman–Crippen MR) is 126 cm³/mol. The number of pyridine rings is 1. The molecule has 1 saturated carbocycles. The highest BCUT2D eigenvalue weighted by Gasteiger charge is 2.35. The first-order valence-corrected chi connectivity index (χ1v) is 12.1. The molecule has 1 amide bonds. The second-order valence-corrected chi connectivity index (χ2v) is 9.45. The van der Waals surface area contributed by atoms with Gasteiger partial charge in [0.25, 0.3) is 0 Å². The number of hydrogen-bond acceptors (Lipinski definition) is 3. The topological polar surface area (TPSA) is 46.8 Å². The summed E-state index contributed by atoms with van der Waals surface area (Å²) in [5.74, 6) is 1.01. The molecular formula is C27H33N3O2. The van der Waals surface area contributed by atoms with Crippen molar-refractivity contribution in [1.82, 2.24) is 14.3 Å². The van der Waals surface area contributed by atoms with Crippen LogP contribution in [-0.2, 0) is 16.0 Å². The summed E-state index contributed by atoms with van der Waals surface area (Å²) in [6.07, 6.45) is 12.9. The molecule has 0 bridgehead atoms. The van der Waals surface area contributed by atoms with E-state index in [0.717, 1.165) is 31.5 Å². The molecule has 5 nitrogen and oxygen atoms in total. The number of carbonyl (C=O) groups excluding carboxylic acids is 1. The van der Waals surface area contributed by atoms with Gasteiger partial charge in [0, 0.05) is 37.6 Å². The number of aromatic nitrogens is 2. The SMILES string of the molecule is O=C([C@H](c1ccccc1)C1CCCCC1)N1CCOC[C@@H](Cc2ccc3nccn3c2)C1. The van der Waals surface area contributed by atoms with Gasteiger partial charge >= 0.3 is 0 Å². The van der Waals surface area contributed by atoms with E-state index in [4.69, 9.17) is 4.74 Å². The van der Waals surface area contributed by atoms with Crippen LogP contribution in [0.15, 0.2) is 61.1 Å². The first-order chi connectivity index (χ1) is 15.8. The second kappa shape index (κ2) is 9.86. The molecular weight excluding hydrogens is 398 g/mol. The number of rotatable bonds is 5. The highest BCUT2D eigenvalue weighted by molar-refractivity contribution is 5.84. The van der Waals surface area contributed by atoms with Gasteiger partial charge in [-0.1, -0.05) is 55.7 Å². The molecule has 1 saturated heterocycles. The van der Waals surface area contributed by atoms with Gasteiger partial charge in [-0.15, -0.1) is 0 Å². The Morgan fingerprint density at radius 1 is 1.09 bits per heavy atom. The van der Waals surface area contributed by atoms with Gasteiger partial charge in [-0.25, -0.2) is 4.98 Å². The van der Waals surface area contributed by atoms with Crippen LogP contribution in [0.25, 0.3) is 5.65 Å². The summed E-state index contributed by atoms with van der Waals surface area (Å²) >= 11 is 0. The van der Waals surface area contributed by atoms with Crippen molar-refractivity contribution in [1.29, 1.82) is 0 Å². The Kier molecular flexibility index (Phi) is 6.54. The van der Waals surface area contributed by atoms with E-state index in [-0.39, 0.29) is 5.92 Å². The van der Waals surface area contributed by atoms with Crippen LogP contribution in [0, 0.1) is 11.8 Å². The molecule has 1 aromatic carbocycles. The highest BCUT2D eigenvalue weighted by atomic mass is 16.5. The molecule has 2 aromatic heterocycles. The lowest BCUT2D eigenvalue weighted by Gasteiger charge is -2.34. The number of benzene rings is 1. The Morgan fingerprint density at radius 2 is 1.94 bits per heavy atom. The molecule has 1 aliphatic carbocycles. The first kappa shape index (κ1) is 21.2. The maximum Gasteiger partial charge on any atom is 0.230 e. The average molecular weight is 432 g/mol. The van der Waals surface area contributed by atoms with E-state index in [1.54, 1.807) is 0 Å². The number of nitrogens with zero attached hydrogens (tertiary/aromatic N) is 3. The molecule has 5 rings (SSSR count). The zero-order chi connectivity index (χ0) is 21.8. The largest absolute Gasteiger partial charge is 0.379 e. The van der Waals surface area contributed by atoms with Crippen LogP contribution in [0.3, 0.4) is 0 Å². The van der Waals surface area contributed by atoms with E-state index in [1.165, 1.54) is 30.4 Å². The summed E-state index contributed by atoms with van der Waals surface area (Å²) in [5, 5.41) is 0. The van der Waals surface area contributed by atoms with Gasteiger partial charge in [0.15, 0.2) is 0 Å². The van der Waals surface area contributed by atoms with Crippen molar-refractivity contribution in [2.24, 2.45) is 11.8 Å². The zero-order valence-corrected chi connectivity index (χ0v) is 18.7. The van der Waals surface area contributed by atoms with Gasteiger partial charge < -0.3 is 14.0 Å². The minimum atomic E-state index is -0.0300. The highest BCUT2D eigenvalue weighted by Crippen LogP contribution is 2.37. The molecule has 3 aromatic rings. The fourth-order valence-electron chi connectivity index (χ4n) is 5.57. The Labute approximate surface area is 190 Å². The lowest BCUT2D eigenvalue weighted by molar-refractivity contribution is -0.135. The molecule has 5 heteroatoms. The van der Waals surface area contributed by atoms with Crippen LogP contribution >= 0.6 is 0 Å². The third-order valence-electron chi connectivity index (χ3n) is 7.17. The van der Waals surface area contributed by atoms with Crippen LogP contribution in [-0.4, -0.2) is 46.5 Å². The van der Waals surface area contributed by atoms with Crippen molar-refractivity contribution in [3.05, 3.63) is 72.2 Å². The number of imidazole rings is 1. The minimum Gasteiger partial charge on any atom is -0.379 e.